The van der Waals surface area contributed by atoms with Gasteiger partial charge in [-0.05, 0) is 37.1 Å². The van der Waals surface area contributed by atoms with Crippen molar-refractivity contribution >= 4 is 17.4 Å². The smallest absolute Gasteiger partial charge is 0.400 e. The van der Waals surface area contributed by atoms with Crippen molar-refractivity contribution in [3.8, 4) is 0 Å². The summed E-state index contributed by atoms with van der Waals surface area (Å²) in [6.07, 6.45) is 1.72. The molecule has 0 N–H and O–H groups in total. The lowest BCUT2D eigenvalue weighted by atomic mass is 9.97. The Morgan fingerprint density at radius 2 is 1.89 bits per heavy atom. The number of furan rings is 1. The second kappa shape index (κ2) is 8.30. The first-order valence-electron chi connectivity index (χ1n) is 8.56. The van der Waals surface area contributed by atoms with Crippen molar-refractivity contribution < 1.29 is 19.0 Å². The molecular weight excluding hydrogens is 360 g/mol. The van der Waals surface area contributed by atoms with Crippen LogP contribution in [0, 0.1) is 24.0 Å². The van der Waals surface area contributed by atoms with Gasteiger partial charge in [-0.15, -0.1) is 0 Å². The van der Waals surface area contributed by atoms with Crippen molar-refractivity contribution in [1.82, 2.24) is 0 Å². The topological polar surface area (TPSA) is 94.9 Å². The molecule has 28 heavy (non-hydrogen) atoms. The summed E-state index contributed by atoms with van der Waals surface area (Å²) in [5.74, 6) is -0.643. The van der Waals surface area contributed by atoms with Crippen molar-refractivity contribution in [3.63, 3.8) is 0 Å². The number of nitrogens with zero attached hydrogens (tertiary/aromatic N) is 2. The van der Waals surface area contributed by atoms with E-state index < -0.39 is 10.9 Å². The fourth-order valence-electron chi connectivity index (χ4n) is 2.78. The molecule has 0 bridgehead atoms. The third-order valence-corrected chi connectivity index (χ3v) is 4.17. The lowest BCUT2D eigenvalue weighted by molar-refractivity contribution is -0.384. The van der Waals surface area contributed by atoms with E-state index in [0.29, 0.717) is 12.1 Å². The van der Waals surface area contributed by atoms with Gasteiger partial charge in [-0.3, -0.25) is 10.1 Å². The van der Waals surface area contributed by atoms with Gasteiger partial charge >= 0.3 is 5.97 Å². The van der Waals surface area contributed by atoms with Crippen LogP contribution in [0.5, 0.6) is 0 Å². The van der Waals surface area contributed by atoms with Crippen LogP contribution in [0.25, 0.3) is 0 Å². The minimum absolute atomic E-state index is 0.0120. The predicted molar refractivity (Wildman–Crippen MR) is 103 cm³/mol. The summed E-state index contributed by atoms with van der Waals surface area (Å²) in [6, 6.07) is 15.1. The Balaban J connectivity index is 1.90. The molecule has 0 fully saturated rings. The summed E-state index contributed by atoms with van der Waals surface area (Å²) >= 11 is 0. The van der Waals surface area contributed by atoms with Gasteiger partial charge in [0.25, 0.3) is 5.69 Å². The van der Waals surface area contributed by atoms with Crippen molar-refractivity contribution in [2.45, 2.75) is 20.3 Å². The highest BCUT2D eigenvalue weighted by molar-refractivity contribution is 6.03. The normalized spacial score (nSPS) is 11.3. The summed E-state index contributed by atoms with van der Waals surface area (Å²) in [4.78, 5) is 27.5. The van der Waals surface area contributed by atoms with Crippen molar-refractivity contribution in [1.29, 1.82) is 0 Å². The highest BCUT2D eigenvalue weighted by Gasteiger charge is 2.14. The summed E-state index contributed by atoms with van der Waals surface area (Å²) < 4.78 is 5.02. The van der Waals surface area contributed by atoms with E-state index >= 15 is 0 Å². The maximum absolute atomic E-state index is 12.1. The fraction of sp³-hybridized carbons (Fsp3) is 0.143. The van der Waals surface area contributed by atoms with E-state index in [4.69, 9.17) is 9.25 Å². The Kier molecular flexibility index (Phi) is 5.64. The van der Waals surface area contributed by atoms with Gasteiger partial charge in [0.1, 0.15) is 0 Å². The third-order valence-electron chi connectivity index (χ3n) is 4.17. The molecule has 7 nitrogen and oxygen atoms in total. The highest BCUT2D eigenvalue weighted by Crippen LogP contribution is 2.18. The molecule has 1 heterocycles. The van der Waals surface area contributed by atoms with Crippen LogP contribution < -0.4 is 0 Å². The second-order valence-corrected chi connectivity index (χ2v) is 6.31. The van der Waals surface area contributed by atoms with E-state index in [1.54, 1.807) is 18.2 Å². The monoisotopic (exact) mass is 378 g/mol. The Morgan fingerprint density at radius 1 is 1.14 bits per heavy atom. The Labute approximate surface area is 161 Å². The Bertz CT molecular complexity index is 1020. The van der Waals surface area contributed by atoms with Gasteiger partial charge in [0.15, 0.2) is 0 Å². The molecule has 0 aliphatic carbocycles. The van der Waals surface area contributed by atoms with Crippen LogP contribution in [0.2, 0.25) is 0 Å². The Morgan fingerprint density at radius 3 is 2.50 bits per heavy atom. The predicted octanol–water partition coefficient (Wildman–Crippen LogP) is 4.61. The maximum Gasteiger partial charge on any atom is 0.400 e. The molecular formula is C21H18N2O5. The van der Waals surface area contributed by atoms with Crippen molar-refractivity contribution in [2.24, 2.45) is 5.16 Å². The lowest BCUT2D eigenvalue weighted by Gasteiger charge is -2.10. The van der Waals surface area contributed by atoms with Crippen LogP contribution in [0.3, 0.4) is 0 Å². The second-order valence-electron chi connectivity index (χ2n) is 6.31. The third kappa shape index (κ3) is 4.50. The number of hydrogen-bond acceptors (Lipinski definition) is 6. The quantitative estimate of drug-likeness (QED) is 0.270. The number of non-ortho nitro benzene ring substituents is 1. The van der Waals surface area contributed by atoms with E-state index in [1.807, 2.05) is 32.0 Å². The first kappa shape index (κ1) is 19.0. The number of benzene rings is 2. The molecule has 0 aliphatic heterocycles. The van der Waals surface area contributed by atoms with Gasteiger partial charge in [-0.2, -0.15) is 0 Å². The van der Waals surface area contributed by atoms with E-state index in [9.17, 15) is 14.9 Å². The molecule has 0 atom stereocenters. The zero-order valence-corrected chi connectivity index (χ0v) is 15.4. The van der Waals surface area contributed by atoms with Crippen LogP contribution in [-0.4, -0.2) is 16.6 Å². The first-order valence-corrected chi connectivity index (χ1v) is 8.56. The number of carbonyl (C=O) groups excluding carboxylic acids is 1. The number of oxime groups is 1. The van der Waals surface area contributed by atoms with E-state index in [0.717, 1.165) is 22.3 Å². The molecule has 3 aromatic rings. The molecule has 1 aromatic heterocycles. The van der Waals surface area contributed by atoms with Crippen molar-refractivity contribution in [3.05, 3.63) is 99.0 Å². The summed E-state index contributed by atoms with van der Waals surface area (Å²) in [5.41, 5.74) is 4.26. The van der Waals surface area contributed by atoms with Crippen molar-refractivity contribution in [2.75, 3.05) is 0 Å². The zero-order chi connectivity index (χ0) is 20.1. The molecule has 142 valence electrons. The van der Waals surface area contributed by atoms with Crippen LogP contribution in [0.1, 0.15) is 32.8 Å². The first-order chi connectivity index (χ1) is 13.4. The van der Waals surface area contributed by atoms with E-state index in [1.165, 1.54) is 24.5 Å². The van der Waals surface area contributed by atoms with Gasteiger partial charge in [-0.25, -0.2) is 4.79 Å². The maximum atomic E-state index is 12.1. The molecule has 0 aliphatic rings. The lowest BCUT2D eigenvalue weighted by Crippen LogP contribution is -2.10. The van der Waals surface area contributed by atoms with Gasteiger partial charge in [0.2, 0.25) is 5.76 Å². The van der Waals surface area contributed by atoms with Gasteiger partial charge < -0.3 is 9.25 Å². The molecule has 0 saturated heterocycles. The van der Waals surface area contributed by atoms with E-state index in [2.05, 4.69) is 5.16 Å². The fourth-order valence-corrected chi connectivity index (χ4v) is 2.78. The summed E-state index contributed by atoms with van der Waals surface area (Å²) in [5, 5.41) is 14.9. The number of nitro benzene ring substituents is 1. The average molecular weight is 378 g/mol. The van der Waals surface area contributed by atoms with Crippen LogP contribution in [-0.2, 0) is 11.3 Å². The minimum atomic E-state index is -0.698. The molecule has 0 amide bonds. The molecule has 0 saturated carbocycles. The van der Waals surface area contributed by atoms with Gasteiger partial charge in [-0.1, -0.05) is 41.1 Å². The standard InChI is InChI=1S/C21H18N2O5/c1-14-5-10-18(15(2)12-14)19(22-28-21(24)20-4-3-11-27-20)13-16-6-8-17(9-7-16)23(25)26/h3-12H,13H2,1-2H3/b22-19+. The van der Waals surface area contributed by atoms with Gasteiger partial charge in [0, 0.05) is 24.1 Å². The van der Waals surface area contributed by atoms with E-state index in [-0.39, 0.29) is 11.4 Å². The summed E-state index contributed by atoms with van der Waals surface area (Å²) in [7, 11) is 0. The summed E-state index contributed by atoms with van der Waals surface area (Å²) in [6.45, 7) is 3.93. The molecule has 0 unspecified atom stereocenters. The average Bonchev–Trinajstić information content (AvgIpc) is 3.20. The molecule has 7 heteroatoms. The zero-order valence-electron chi connectivity index (χ0n) is 15.4. The minimum Gasteiger partial charge on any atom is -0.457 e. The van der Waals surface area contributed by atoms with Gasteiger partial charge in [0.05, 0.1) is 16.9 Å². The molecule has 2 aromatic carbocycles. The number of aryl methyl sites for hydroxylation is 2. The van der Waals surface area contributed by atoms with Crippen LogP contribution in [0.4, 0.5) is 5.69 Å². The van der Waals surface area contributed by atoms with Crippen LogP contribution in [0.15, 0.2) is 70.4 Å². The number of rotatable bonds is 6. The largest absolute Gasteiger partial charge is 0.457 e. The number of nitro groups is 1. The number of carbonyl (C=O) groups is 1. The molecule has 0 radical (unpaired) electrons. The number of hydrogen-bond donors (Lipinski definition) is 0. The Hall–Kier alpha value is -3.74. The SMILES string of the molecule is Cc1ccc(/C(Cc2ccc([N+](=O)[O-])cc2)=N/OC(=O)c2ccco2)c(C)c1. The van der Waals surface area contributed by atoms with Crippen LogP contribution >= 0.6 is 0 Å². The molecule has 0 spiro atoms. The molecule has 3 rings (SSSR count). The highest BCUT2D eigenvalue weighted by atomic mass is 16.7.